The summed E-state index contributed by atoms with van der Waals surface area (Å²) < 4.78 is 13.6. The Balaban J connectivity index is 1.63. The molecule has 2 N–H and O–H groups in total. The lowest BCUT2D eigenvalue weighted by Crippen LogP contribution is -2.33. The van der Waals surface area contributed by atoms with Gasteiger partial charge in [0.15, 0.2) is 0 Å². The standard InChI is InChI=1S/C16H16FNO2S2/c17-12-4-2-1-3-10(12)13(19)9-18-16(20)15-11-5-7-21-14(11)6-8-22-15/h1-5,7,13,15,19H,6,8-9H2,(H,18,20). The number of fused-ring (bicyclic) bond motifs is 1. The number of hydrogen-bond acceptors (Lipinski definition) is 4. The number of carbonyl (C=O) groups is 1. The monoisotopic (exact) mass is 337 g/mol. The van der Waals surface area contributed by atoms with E-state index in [1.807, 2.05) is 11.4 Å². The molecule has 1 amide bonds. The van der Waals surface area contributed by atoms with Crippen molar-refractivity contribution < 1.29 is 14.3 Å². The number of hydrogen-bond donors (Lipinski definition) is 2. The Labute approximate surface area is 136 Å². The summed E-state index contributed by atoms with van der Waals surface area (Å²) >= 11 is 3.29. The van der Waals surface area contributed by atoms with Crippen LogP contribution in [0.2, 0.25) is 0 Å². The van der Waals surface area contributed by atoms with Gasteiger partial charge >= 0.3 is 0 Å². The molecule has 3 nitrogen and oxygen atoms in total. The van der Waals surface area contributed by atoms with Crippen LogP contribution in [-0.2, 0) is 11.2 Å². The van der Waals surface area contributed by atoms with Gasteiger partial charge < -0.3 is 10.4 Å². The van der Waals surface area contributed by atoms with Crippen LogP contribution in [0.1, 0.15) is 27.4 Å². The van der Waals surface area contributed by atoms with Gasteiger partial charge in [-0.3, -0.25) is 4.79 Å². The first-order chi connectivity index (χ1) is 10.7. The normalized spacial score (nSPS) is 18.5. The number of rotatable bonds is 4. The number of halogens is 1. The summed E-state index contributed by atoms with van der Waals surface area (Å²) in [5.74, 6) is 0.331. The van der Waals surface area contributed by atoms with Crippen LogP contribution in [0.15, 0.2) is 35.7 Å². The van der Waals surface area contributed by atoms with Gasteiger partial charge in [0.05, 0.1) is 6.10 Å². The summed E-state index contributed by atoms with van der Waals surface area (Å²) in [6.45, 7) is 0.0102. The molecule has 1 aliphatic heterocycles. The molecule has 0 fully saturated rings. The van der Waals surface area contributed by atoms with Gasteiger partial charge in [-0.2, -0.15) is 0 Å². The number of thioether (sulfide) groups is 1. The molecule has 0 saturated heterocycles. The van der Waals surface area contributed by atoms with Crippen molar-refractivity contribution in [3.63, 3.8) is 0 Å². The number of aryl methyl sites for hydroxylation is 1. The number of nitrogens with one attached hydrogen (secondary N) is 1. The Bertz CT molecular complexity index is 674. The molecular formula is C16H16FNO2S2. The highest BCUT2D eigenvalue weighted by atomic mass is 32.2. The van der Waals surface area contributed by atoms with Crippen molar-refractivity contribution in [1.29, 1.82) is 0 Å². The van der Waals surface area contributed by atoms with Crippen molar-refractivity contribution in [2.45, 2.75) is 17.8 Å². The lowest BCUT2D eigenvalue weighted by molar-refractivity contribution is -0.121. The second-order valence-electron chi connectivity index (χ2n) is 5.08. The molecule has 2 unspecified atom stereocenters. The van der Waals surface area contributed by atoms with Gasteiger partial charge in [0.1, 0.15) is 11.1 Å². The summed E-state index contributed by atoms with van der Waals surface area (Å²) in [7, 11) is 0. The fraction of sp³-hybridized carbons (Fsp3) is 0.312. The molecule has 3 rings (SSSR count). The van der Waals surface area contributed by atoms with Crippen molar-refractivity contribution in [1.82, 2.24) is 5.32 Å². The average molecular weight is 337 g/mol. The van der Waals surface area contributed by atoms with E-state index in [1.54, 1.807) is 35.2 Å². The third kappa shape index (κ3) is 3.19. The summed E-state index contributed by atoms with van der Waals surface area (Å²) in [6.07, 6.45) is -0.0417. The highest BCUT2D eigenvalue weighted by Crippen LogP contribution is 2.39. The van der Waals surface area contributed by atoms with E-state index < -0.39 is 11.9 Å². The molecule has 6 heteroatoms. The van der Waals surface area contributed by atoms with E-state index in [4.69, 9.17) is 0 Å². The van der Waals surface area contributed by atoms with E-state index in [2.05, 4.69) is 5.32 Å². The predicted octanol–water partition coefficient (Wildman–Crippen LogP) is 3.07. The Morgan fingerprint density at radius 3 is 3.05 bits per heavy atom. The molecule has 1 aromatic heterocycles. The summed E-state index contributed by atoms with van der Waals surface area (Å²) in [6, 6.07) is 8.05. The molecule has 1 aliphatic rings. The number of thiophene rings is 1. The van der Waals surface area contributed by atoms with Crippen LogP contribution in [0.4, 0.5) is 4.39 Å². The zero-order valence-corrected chi connectivity index (χ0v) is 13.4. The zero-order chi connectivity index (χ0) is 15.5. The Morgan fingerprint density at radius 1 is 1.41 bits per heavy atom. The largest absolute Gasteiger partial charge is 0.386 e. The Hall–Kier alpha value is -1.37. The van der Waals surface area contributed by atoms with Crippen molar-refractivity contribution in [2.75, 3.05) is 12.3 Å². The molecular weight excluding hydrogens is 321 g/mol. The molecule has 22 heavy (non-hydrogen) atoms. The van der Waals surface area contributed by atoms with E-state index in [0.717, 1.165) is 17.7 Å². The molecule has 0 saturated carbocycles. The fourth-order valence-corrected chi connectivity index (χ4v) is 4.83. The van der Waals surface area contributed by atoms with Crippen LogP contribution < -0.4 is 5.32 Å². The van der Waals surface area contributed by atoms with Crippen molar-refractivity contribution in [2.24, 2.45) is 0 Å². The zero-order valence-electron chi connectivity index (χ0n) is 11.8. The van der Waals surface area contributed by atoms with Gasteiger partial charge in [0.25, 0.3) is 0 Å². The number of aliphatic hydroxyl groups excluding tert-OH is 1. The molecule has 116 valence electrons. The first kappa shape index (κ1) is 15.5. The van der Waals surface area contributed by atoms with Gasteiger partial charge in [-0.15, -0.1) is 23.1 Å². The number of benzene rings is 1. The van der Waals surface area contributed by atoms with Gasteiger partial charge in [-0.05, 0) is 35.2 Å². The maximum Gasteiger partial charge on any atom is 0.237 e. The minimum atomic E-state index is -1.04. The molecule has 2 heterocycles. The second-order valence-corrected chi connectivity index (χ2v) is 7.30. The molecule has 0 aliphatic carbocycles. The van der Waals surface area contributed by atoms with Crippen LogP contribution in [0.25, 0.3) is 0 Å². The predicted molar refractivity (Wildman–Crippen MR) is 87.6 cm³/mol. The topological polar surface area (TPSA) is 49.3 Å². The van der Waals surface area contributed by atoms with Crippen molar-refractivity contribution >= 4 is 29.0 Å². The van der Waals surface area contributed by atoms with Gasteiger partial charge in [-0.1, -0.05) is 18.2 Å². The third-order valence-corrected chi connectivity index (χ3v) is 5.89. The van der Waals surface area contributed by atoms with Crippen LogP contribution in [-0.4, -0.2) is 23.3 Å². The Morgan fingerprint density at radius 2 is 2.23 bits per heavy atom. The van der Waals surface area contributed by atoms with E-state index in [1.165, 1.54) is 17.0 Å². The number of carbonyl (C=O) groups excluding carboxylic acids is 1. The first-order valence-corrected chi connectivity index (χ1v) is 8.97. The van der Waals surface area contributed by atoms with Crippen molar-refractivity contribution in [3.05, 3.63) is 57.5 Å². The summed E-state index contributed by atoms with van der Waals surface area (Å²) in [5.41, 5.74) is 1.27. The van der Waals surface area contributed by atoms with Gasteiger partial charge in [-0.25, -0.2) is 4.39 Å². The molecule has 0 bridgehead atoms. The number of amides is 1. The van der Waals surface area contributed by atoms with Crippen LogP contribution in [0.3, 0.4) is 0 Å². The minimum Gasteiger partial charge on any atom is -0.386 e. The molecule has 1 aromatic carbocycles. The molecule has 2 aromatic rings. The van der Waals surface area contributed by atoms with Gasteiger partial charge in [0.2, 0.25) is 5.91 Å². The van der Waals surface area contributed by atoms with E-state index in [-0.39, 0.29) is 23.3 Å². The summed E-state index contributed by atoms with van der Waals surface area (Å²) in [4.78, 5) is 13.6. The lowest BCUT2D eigenvalue weighted by Gasteiger charge is -2.22. The smallest absolute Gasteiger partial charge is 0.237 e. The maximum atomic E-state index is 13.6. The highest BCUT2D eigenvalue weighted by Gasteiger charge is 2.28. The van der Waals surface area contributed by atoms with E-state index in [0.29, 0.717) is 0 Å². The Kier molecular flexibility index (Phi) is 4.81. The SMILES string of the molecule is O=C(NCC(O)c1ccccc1F)C1SCCc2sccc21. The van der Waals surface area contributed by atoms with Crippen molar-refractivity contribution in [3.8, 4) is 0 Å². The van der Waals surface area contributed by atoms with Crippen LogP contribution in [0, 0.1) is 5.82 Å². The number of aliphatic hydroxyl groups is 1. The van der Waals surface area contributed by atoms with E-state index >= 15 is 0 Å². The maximum absolute atomic E-state index is 13.6. The third-order valence-electron chi connectivity index (χ3n) is 3.65. The average Bonchev–Trinajstić information content (AvgIpc) is 3.01. The quantitative estimate of drug-likeness (QED) is 0.901. The molecule has 0 radical (unpaired) electrons. The second kappa shape index (κ2) is 6.81. The van der Waals surface area contributed by atoms with Gasteiger partial charge in [0, 0.05) is 17.0 Å². The lowest BCUT2D eigenvalue weighted by atomic mass is 10.1. The molecule has 0 spiro atoms. The fourth-order valence-electron chi connectivity index (χ4n) is 2.51. The minimum absolute atomic E-state index is 0.0102. The van der Waals surface area contributed by atoms with E-state index in [9.17, 15) is 14.3 Å². The van der Waals surface area contributed by atoms with Crippen LogP contribution >= 0.6 is 23.1 Å². The highest BCUT2D eigenvalue weighted by molar-refractivity contribution is 8.00. The summed E-state index contributed by atoms with van der Waals surface area (Å²) in [5, 5.41) is 14.6. The first-order valence-electron chi connectivity index (χ1n) is 7.05. The van der Waals surface area contributed by atoms with Crippen LogP contribution in [0.5, 0.6) is 0 Å². The molecule has 2 atom stereocenters.